The van der Waals surface area contributed by atoms with Gasteiger partial charge < -0.3 is 55.4 Å². The van der Waals surface area contributed by atoms with E-state index < -0.39 is 60.3 Å². The molecule has 1 fully saturated rings. The van der Waals surface area contributed by atoms with Gasteiger partial charge in [-0.2, -0.15) is 0 Å². The fraction of sp³-hybridized carbons (Fsp3) is 0.286. The Morgan fingerprint density at radius 1 is 0.818 bits per heavy atom. The van der Waals surface area contributed by atoms with Gasteiger partial charge in [0, 0.05) is 24.3 Å². The van der Waals surface area contributed by atoms with E-state index in [2.05, 4.69) is 0 Å². The lowest BCUT2D eigenvalue weighted by Gasteiger charge is -2.39. The maximum Gasteiger partial charge on any atom is 0.402 e. The van der Waals surface area contributed by atoms with E-state index in [0.29, 0.717) is 0 Å². The normalized spacial score (nSPS) is 25.3. The van der Waals surface area contributed by atoms with E-state index >= 15 is 0 Å². The molecule has 1 aromatic heterocycles. The molecular weight excluding hydrogens is 444 g/mol. The monoisotopic (exact) mass is 465 g/mol. The number of aliphatic hydroxyl groups excluding tert-OH is 4. The minimum atomic E-state index is -1.76. The number of aliphatic hydroxyl groups is 4. The molecule has 0 spiro atoms. The zero-order chi connectivity index (χ0) is 24.0. The van der Waals surface area contributed by atoms with Crippen molar-refractivity contribution in [3.8, 4) is 45.8 Å². The average molecular weight is 465 g/mol. The average Bonchev–Trinajstić information content (AvgIpc) is 2.77. The number of fused-ring (bicyclic) bond motifs is 1. The quantitative estimate of drug-likeness (QED) is 0.185. The summed E-state index contributed by atoms with van der Waals surface area (Å²) in [6.07, 6.45) is -7.99. The summed E-state index contributed by atoms with van der Waals surface area (Å²) in [5.74, 6) is -3.32. The molecule has 2 heterocycles. The highest BCUT2D eigenvalue weighted by Crippen LogP contribution is 2.44. The highest BCUT2D eigenvalue weighted by Gasteiger charge is 2.45. The van der Waals surface area contributed by atoms with Gasteiger partial charge in [0.05, 0.1) is 18.2 Å². The van der Waals surface area contributed by atoms with Crippen LogP contribution in [0.3, 0.4) is 0 Å². The molecule has 0 bridgehead atoms. The highest BCUT2D eigenvalue weighted by atomic mass is 16.7. The van der Waals surface area contributed by atoms with Gasteiger partial charge in [-0.1, -0.05) is 0 Å². The van der Waals surface area contributed by atoms with Gasteiger partial charge in [0.2, 0.25) is 12.0 Å². The van der Waals surface area contributed by atoms with Gasteiger partial charge >= 0.3 is 11.3 Å². The van der Waals surface area contributed by atoms with E-state index in [9.17, 15) is 46.0 Å². The third-order valence-corrected chi connectivity index (χ3v) is 5.24. The smallest absolute Gasteiger partial charge is 0.402 e. The molecule has 0 aliphatic carbocycles. The summed E-state index contributed by atoms with van der Waals surface area (Å²) >= 11 is 0. The number of phenolic OH excluding ortho intramolecular Hbond substituents is 5. The number of phenols is 5. The first-order chi connectivity index (χ1) is 15.6. The molecule has 176 valence electrons. The van der Waals surface area contributed by atoms with Crippen molar-refractivity contribution >= 4 is 11.0 Å². The molecule has 5 atom stereocenters. The molecule has 1 aliphatic rings. The summed E-state index contributed by atoms with van der Waals surface area (Å²) < 4.78 is 16.7. The Morgan fingerprint density at radius 2 is 1.48 bits per heavy atom. The SMILES string of the molecule is OC[C@H]1OC(Oc2cc3c(O)cc(O)cc3[o+]c2-c2cc(O)c(O)c(O)c2)[C@H](O)[C@@H](O)[C@H]1O. The van der Waals surface area contributed by atoms with Gasteiger partial charge in [-0.05, 0) is 0 Å². The molecule has 0 amide bonds. The number of hydrogen-bond donors (Lipinski definition) is 9. The van der Waals surface area contributed by atoms with E-state index in [4.69, 9.17) is 13.9 Å². The maximum absolute atomic E-state index is 10.3. The summed E-state index contributed by atoms with van der Waals surface area (Å²) in [5.41, 5.74) is -0.0529. The predicted octanol–water partition coefficient (Wildman–Crippen LogP) is 0.0876. The molecule has 0 saturated carbocycles. The molecule has 12 heteroatoms. The largest absolute Gasteiger partial charge is 0.507 e. The molecule has 1 unspecified atom stereocenters. The number of ether oxygens (including phenoxy) is 2. The Bertz CT molecular complexity index is 1170. The Morgan fingerprint density at radius 3 is 2.12 bits per heavy atom. The lowest BCUT2D eigenvalue weighted by molar-refractivity contribution is -0.277. The Balaban J connectivity index is 1.86. The van der Waals surface area contributed by atoms with E-state index in [-0.39, 0.29) is 33.8 Å². The van der Waals surface area contributed by atoms with Crippen molar-refractivity contribution < 1.29 is 59.8 Å². The lowest BCUT2D eigenvalue weighted by Crippen LogP contribution is -2.60. The van der Waals surface area contributed by atoms with E-state index in [0.717, 1.165) is 18.2 Å². The van der Waals surface area contributed by atoms with Crippen LogP contribution in [0.15, 0.2) is 34.7 Å². The van der Waals surface area contributed by atoms with Crippen molar-refractivity contribution in [2.24, 2.45) is 0 Å². The van der Waals surface area contributed by atoms with Crippen LogP contribution in [0, 0.1) is 0 Å². The Labute approximate surface area is 185 Å². The number of rotatable bonds is 4. The van der Waals surface area contributed by atoms with Crippen LogP contribution < -0.4 is 4.74 Å². The molecule has 1 saturated heterocycles. The minimum Gasteiger partial charge on any atom is -0.507 e. The lowest BCUT2D eigenvalue weighted by atomic mass is 9.99. The fourth-order valence-corrected chi connectivity index (χ4v) is 3.50. The topological polar surface area (TPSA) is 212 Å². The standard InChI is InChI=1S/C21H20O12/c22-6-15-17(28)18(29)19(30)21(33-15)32-14-5-9-10(24)3-8(23)4-13(9)31-20(14)7-1-11(25)16(27)12(26)2-7/h1-5,15,17-19,21-22,28-30H,6H2,(H4-,23,24,25,26,27)/p+1/t15-,17+,18+,19-,21?/m1/s1. The molecule has 33 heavy (non-hydrogen) atoms. The Kier molecular flexibility index (Phi) is 5.78. The molecule has 9 N–H and O–H groups in total. The molecule has 4 rings (SSSR count). The summed E-state index contributed by atoms with van der Waals surface area (Å²) in [7, 11) is 0. The minimum absolute atomic E-state index is 0.0212. The third kappa shape index (κ3) is 4.01. The van der Waals surface area contributed by atoms with Crippen molar-refractivity contribution in [2.45, 2.75) is 30.7 Å². The van der Waals surface area contributed by atoms with Gasteiger partial charge in [0.1, 0.15) is 41.3 Å². The van der Waals surface area contributed by atoms with Crippen LogP contribution in [0.2, 0.25) is 0 Å². The molecule has 3 aromatic rings. The van der Waals surface area contributed by atoms with Crippen LogP contribution in [0.4, 0.5) is 0 Å². The van der Waals surface area contributed by atoms with Gasteiger partial charge in [-0.25, -0.2) is 4.42 Å². The highest BCUT2D eigenvalue weighted by molar-refractivity contribution is 5.88. The van der Waals surface area contributed by atoms with E-state index in [1.165, 1.54) is 12.1 Å². The second-order valence-electron chi connectivity index (χ2n) is 7.49. The van der Waals surface area contributed by atoms with Gasteiger partial charge in [-0.3, -0.25) is 0 Å². The van der Waals surface area contributed by atoms with Crippen LogP contribution >= 0.6 is 0 Å². The first-order valence-corrected chi connectivity index (χ1v) is 9.66. The molecule has 1 aliphatic heterocycles. The van der Waals surface area contributed by atoms with Crippen molar-refractivity contribution in [1.29, 1.82) is 0 Å². The van der Waals surface area contributed by atoms with Crippen molar-refractivity contribution in [3.05, 3.63) is 30.3 Å². The van der Waals surface area contributed by atoms with Crippen molar-refractivity contribution in [1.82, 2.24) is 0 Å². The number of hydrogen-bond acceptors (Lipinski definition) is 11. The summed E-state index contributed by atoms with van der Waals surface area (Å²) in [6, 6.07) is 5.51. The molecule has 2 aromatic carbocycles. The van der Waals surface area contributed by atoms with Gasteiger partial charge in [0.25, 0.3) is 0 Å². The Hall–Kier alpha value is -3.55. The molecule has 0 radical (unpaired) electrons. The maximum atomic E-state index is 10.3. The zero-order valence-electron chi connectivity index (χ0n) is 16.7. The zero-order valence-corrected chi connectivity index (χ0v) is 16.7. The fourth-order valence-electron chi connectivity index (χ4n) is 3.50. The van der Waals surface area contributed by atoms with Crippen molar-refractivity contribution in [2.75, 3.05) is 6.61 Å². The molecular formula is C21H21O12+. The van der Waals surface area contributed by atoms with Crippen LogP contribution in [0.25, 0.3) is 22.3 Å². The second kappa shape index (κ2) is 8.42. The van der Waals surface area contributed by atoms with E-state index in [1.54, 1.807) is 0 Å². The summed E-state index contributed by atoms with van der Waals surface area (Å²) in [4.78, 5) is 0. The van der Waals surface area contributed by atoms with Crippen molar-refractivity contribution in [3.63, 3.8) is 0 Å². The van der Waals surface area contributed by atoms with Crippen LogP contribution in [-0.4, -0.2) is 83.3 Å². The van der Waals surface area contributed by atoms with E-state index in [1.807, 2.05) is 0 Å². The second-order valence-corrected chi connectivity index (χ2v) is 7.49. The number of aromatic hydroxyl groups is 5. The third-order valence-electron chi connectivity index (χ3n) is 5.24. The van der Waals surface area contributed by atoms with Crippen LogP contribution in [0.1, 0.15) is 0 Å². The summed E-state index contributed by atoms with van der Waals surface area (Å²) in [6.45, 7) is -0.695. The van der Waals surface area contributed by atoms with Crippen LogP contribution in [0.5, 0.6) is 34.5 Å². The summed E-state index contributed by atoms with van der Waals surface area (Å²) in [5, 5.41) is 89.2. The first-order valence-electron chi connectivity index (χ1n) is 9.66. The van der Waals surface area contributed by atoms with Crippen LogP contribution in [-0.2, 0) is 4.74 Å². The molecule has 12 nitrogen and oxygen atoms in total. The van der Waals surface area contributed by atoms with Gasteiger partial charge in [-0.15, -0.1) is 0 Å². The predicted molar refractivity (Wildman–Crippen MR) is 109 cm³/mol. The first kappa shape index (κ1) is 22.6. The number of benzene rings is 2. The van der Waals surface area contributed by atoms with Gasteiger partial charge in [0.15, 0.2) is 17.2 Å².